The van der Waals surface area contributed by atoms with Crippen molar-refractivity contribution in [1.82, 2.24) is 5.32 Å². The average molecular weight is 188 g/mol. The van der Waals surface area contributed by atoms with Crippen molar-refractivity contribution >= 4 is 0 Å². The summed E-state index contributed by atoms with van der Waals surface area (Å²) in [4.78, 5) is 0. The van der Waals surface area contributed by atoms with Crippen LogP contribution in [0.3, 0.4) is 0 Å². The Labute approximate surface area is 82.9 Å². The van der Waals surface area contributed by atoms with Gasteiger partial charge in [-0.1, -0.05) is 0 Å². The monoisotopic (exact) mass is 188 g/mol. The molecule has 0 radical (unpaired) electrons. The van der Waals surface area contributed by atoms with E-state index in [0.29, 0.717) is 6.04 Å². The highest BCUT2D eigenvalue weighted by Crippen LogP contribution is 2.03. The number of quaternary nitrogens is 1. The van der Waals surface area contributed by atoms with Gasteiger partial charge in [0.05, 0.1) is 26.7 Å². The zero-order valence-corrected chi connectivity index (χ0v) is 9.64. The summed E-state index contributed by atoms with van der Waals surface area (Å²) >= 11 is 0. The summed E-state index contributed by atoms with van der Waals surface area (Å²) in [5.74, 6) is 0. The molecule has 0 bridgehead atoms. The van der Waals surface area contributed by atoms with Gasteiger partial charge in [-0.2, -0.15) is 0 Å². The minimum absolute atomic E-state index is 0.332. The van der Waals surface area contributed by atoms with Gasteiger partial charge in [-0.15, -0.1) is 0 Å². The number of hydrogen-bond acceptors (Lipinski definition) is 2. The Bertz CT molecular complexity index is 125. The second kappa shape index (κ2) is 6.35. The predicted octanol–water partition coefficient (Wildman–Crippen LogP) is 0.410. The van der Waals surface area contributed by atoms with E-state index in [2.05, 4.69) is 26.2 Å². The first-order valence-electron chi connectivity index (χ1n) is 5.28. The van der Waals surface area contributed by atoms with Crippen molar-refractivity contribution in [3.8, 4) is 0 Å². The molecular formula is C10H26N3+. The fourth-order valence-electron chi connectivity index (χ4n) is 1.33. The van der Waals surface area contributed by atoms with Crippen molar-refractivity contribution in [2.45, 2.75) is 26.3 Å². The predicted molar refractivity (Wildman–Crippen MR) is 58.7 cm³/mol. The van der Waals surface area contributed by atoms with E-state index >= 15 is 0 Å². The molecule has 0 aromatic heterocycles. The number of nitrogens with zero attached hydrogens (tertiary/aromatic N) is 1. The largest absolute Gasteiger partial charge is 0.328 e. The molecule has 0 amide bonds. The molecule has 2 unspecified atom stereocenters. The lowest BCUT2D eigenvalue weighted by molar-refractivity contribution is -0.907. The smallest absolute Gasteiger partial charge is 0.0911 e. The Hall–Kier alpha value is -0.120. The zero-order chi connectivity index (χ0) is 10.3. The summed E-state index contributed by atoms with van der Waals surface area (Å²) in [7, 11) is 4.31. The fraction of sp³-hybridized carbons (Fsp3) is 1.00. The minimum atomic E-state index is 0.332. The van der Waals surface area contributed by atoms with Crippen molar-refractivity contribution < 1.29 is 4.48 Å². The van der Waals surface area contributed by atoms with Crippen molar-refractivity contribution in [2.24, 2.45) is 5.73 Å². The maximum Gasteiger partial charge on any atom is 0.0911 e. The Morgan fingerprint density at radius 3 is 2.38 bits per heavy atom. The highest BCUT2D eigenvalue weighted by molar-refractivity contribution is 4.52. The van der Waals surface area contributed by atoms with Gasteiger partial charge in [-0.05, 0) is 20.9 Å². The standard InChI is InChI=1S/C10H26N3/c1-5-13(4,9-7-12-3)8-6-10(2)11/h10,12H,5-9,11H2,1-4H3/q+1. The first-order chi connectivity index (χ1) is 6.04. The molecule has 0 aliphatic heterocycles. The Morgan fingerprint density at radius 2 is 2.00 bits per heavy atom. The normalized spacial score (nSPS) is 18.2. The second-order valence-corrected chi connectivity index (χ2v) is 4.25. The molecule has 2 atom stereocenters. The Balaban J connectivity index is 3.81. The van der Waals surface area contributed by atoms with Gasteiger partial charge in [0.25, 0.3) is 0 Å². The third-order valence-electron chi connectivity index (χ3n) is 2.79. The van der Waals surface area contributed by atoms with Crippen LogP contribution < -0.4 is 11.1 Å². The van der Waals surface area contributed by atoms with Crippen molar-refractivity contribution in [3.05, 3.63) is 0 Å². The maximum atomic E-state index is 5.76. The summed E-state index contributed by atoms with van der Waals surface area (Å²) in [5, 5.41) is 3.20. The molecule has 3 nitrogen and oxygen atoms in total. The number of likely N-dealkylation sites (N-methyl/N-ethyl adjacent to an activating group) is 2. The highest BCUT2D eigenvalue weighted by atomic mass is 15.3. The topological polar surface area (TPSA) is 38.0 Å². The van der Waals surface area contributed by atoms with E-state index < -0.39 is 0 Å². The molecule has 13 heavy (non-hydrogen) atoms. The molecule has 3 heteroatoms. The van der Waals surface area contributed by atoms with Crippen LogP contribution >= 0.6 is 0 Å². The van der Waals surface area contributed by atoms with E-state index in [1.165, 1.54) is 19.6 Å². The molecule has 0 rings (SSSR count). The second-order valence-electron chi connectivity index (χ2n) is 4.25. The van der Waals surface area contributed by atoms with E-state index in [1.54, 1.807) is 0 Å². The van der Waals surface area contributed by atoms with Crippen molar-refractivity contribution in [3.63, 3.8) is 0 Å². The number of nitrogens with one attached hydrogen (secondary N) is 1. The SMILES string of the molecule is CC[N+](C)(CCNC)CCC(C)N. The van der Waals surface area contributed by atoms with Gasteiger partial charge in [-0.25, -0.2) is 0 Å². The van der Waals surface area contributed by atoms with Gasteiger partial charge in [0.2, 0.25) is 0 Å². The summed E-state index contributed by atoms with van der Waals surface area (Å²) in [6.45, 7) is 8.99. The van der Waals surface area contributed by atoms with Gasteiger partial charge in [0, 0.05) is 19.0 Å². The van der Waals surface area contributed by atoms with Crippen molar-refractivity contribution in [2.75, 3.05) is 40.3 Å². The van der Waals surface area contributed by atoms with Gasteiger partial charge in [-0.3, -0.25) is 0 Å². The third kappa shape index (κ3) is 6.02. The summed E-state index contributed by atoms with van der Waals surface area (Å²) in [5.41, 5.74) is 5.76. The molecule has 0 saturated heterocycles. The lowest BCUT2D eigenvalue weighted by atomic mass is 10.2. The molecule has 0 heterocycles. The third-order valence-corrected chi connectivity index (χ3v) is 2.79. The Kier molecular flexibility index (Phi) is 6.29. The molecule has 80 valence electrons. The van der Waals surface area contributed by atoms with Crippen LogP contribution in [-0.2, 0) is 0 Å². The Morgan fingerprint density at radius 1 is 1.38 bits per heavy atom. The minimum Gasteiger partial charge on any atom is -0.328 e. The van der Waals surface area contributed by atoms with Crippen LogP contribution in [-0.4, -0.2) is 50.8 Å². The average Bonchev–Trinajstić information content (AvgIpc) is 2.11. The highest BCUT2D eigenvalue weighted by Gasteiger charge is 2.18. The lowest BCUT2D eigenvalue weighted by Gasteiger charge is -2.34. The summed E-state index contributed by atoms with van der Waals surface area (Å²) < 4.78 is 1.13. The van der Waals surface area contributed by atoms with Crippen LogP contribution in [0.5, 0.6) is 0 Å². The van der Waals surface area contributed by atoms with Gasteiger partial charge >= 0.3 is 0 Å². The van der Waals surface area contributed by atoms with Gasteiger partial charge in [0.15, 0.2) is 0 Å². The van der Waals surface area contributed by atoms with Crippen LogP contribution in [0.15, 0.2) is 0 Å². The van der Waals surface area contributed by atoms with E-state index in [9.17, 15) is 0 Å². The fourth-order valence-corrected chi connectivity index (χ4v) is 1.33. The van der Waals surface area contributed by atoms with Crippen LogP contribution in [0.2, 0.25) is 0 Å². The maximum absolute atomic E-state index is 5.76. The van der Waals surface area contributed by atoms with Crippen LogP contribution in [0, 0.1) is 0 Å². The first kappa shape index (κ1) is 12.9. The van der Waals surface area contributed by atoms with E-state index in [0.717, 1.165) is 17.4 Å². The summed E-state index contributed by atoms with van der Waals surface area (Å²) in [6, 6.07) is 0.332. The first-order valence-corrected chi connectivity index (χ1v) is 5.28. The van der Waals surface area contributed by atoms with E-state index in [1.807, 2.05) is 7.05 Å². The van der Waals surface area contributed by atoms with E-state index in [-0.39, 0.29) is 0 Å². The molecule has 0 spiro atoms. The molecule has 0 aliphatic carbocycles. The van der Waals surface area contributed by atoms with Crippen LogP contribution in [0.25, 0.3) is 0 Å². The van der Waals surface area contributed by atoms with Gasteiger partial charge < -0.3 is 15.5 Å². The molecule has 0 aliphatic rings. The quantitative estimate of drug-likeness (QED) is 0.568. The molecule has 3 N–H and O–H groups in total. The van der Waals surface area contributed by atoms with Crippen molar-refractivity contribution in [1.29, 1.82) is 0 Å². The number of nitrogens with two attached hydrogens (primary N) is 1. The van der Waals surface area contributed by atoms with Gasteiger partial charge in [0.1, 0.15) is 0 Å². The zero-order valence-electron chi connectivity index (χ0n) is 9.64. The molecule has 0 aromatic carbocycles. The van der Waals surface area contributed by atoms with Crippen LogP contribution in [0.1, 0.15) is 20.3 Å². The number of rotatable bonds is 7. The van der Waals surface area contributed by atoms with Crippen LogP contribution in [0.4, 0.5) is 0 Å². The van der Waals surface area contributed by atoms with E-state index in [4.69, 9.17) is 5.73 Å². The molecule has 0 aromatic rings. The lowest BCUT2D eigenvalue weighted by Crippen LogP contribution is -2.49. The molecule has 0 fully saturated rings. The molecular weight excluding hydrogens is 162 g/mol. The number of hydrogen-bond donors (Lipinski definition) is 2. The summed E-state index contributed by atoms with van der Waals surface area (Å²) in [6.07, 6.45) is 1.12. The molecule has 0 saturated carbocycles.